The Morgan fingerprint density at radius 1 is 1.17 bits per heavy atom. The van der Waals surface area contributed by atoms with Gasteiger partial charge in [0.25, 0.3) is 0 Å². The van der Waals surface area contributed by atoms with Crippen LogP contribution in [0.2, 0.25) is 0 Å². The van der Waals surface area contributed by atoms with Gasteiger partial charge in [0.2, 0.25) is 5.91 Å². The Morgan fingerprint density at radius 2 is 1.96 bits per heavy atom. The molecule has 3 rings (SSSR count). The molecule has 2 aromatic carbocycles. The lowest BCUT2D eigenvalue weighted by molar-refractivity contribution is -0.121. The monoisotopic (exact) mass is 304 g/mol. The number of hydrogen-bond acceptors (Lipinski definition) is 3. The number of aryl methyl sites for hydroxylation is 1. The molecule has 0 bridgehead atoms. The molecule has 5 heteroatoms. The quantitative estimate of drug-likeness (QED) is 0.787. The average Bonchev–Trinajstić information content (AvgIpc) is 3.02. The number of hydrogen-bond donors (Lipinski definition) is 1. The van der Waals surface area contributed by atoms with Gasteiger partial charge in [0.1, 0.15) is 0 Å². The van der Waals surface area contributed by atoms with E-state index in [0.29, 0.717) is 25.1 Å². The fourth-order valence-electron chi connectivity index (χ4n) is 2.40. The lowest BCUT2D eigenvalue weighted by Crippen LogP contribution is -2.23. The van der Waals surface area contributed by atoms with Crippen LogP contribution in [0.3, 0.4) is 0 Å². The topological polar surface area (TPSA) is 70.7 Å². The van der Waals surface area contributed by atoms with Gasteiger partial charge in [-0.3, -0.25) is 4.79 Å². The highest BCUT2D eigenvalue weighted by Gasteiger charge is 2.05. The number of carbonyl (C=O) groups is 1. The predicted octanol–water partition coefficient (Wildman–Crippen LogP) is 2.61. The summed E-state index contributed by atoms with van der Waals surface area (Å²) in [5, 5.41) is 11.6. The van der Waals surface area contributed by atoms with Gasteiger partial charge in [-0.25, -0.2) is 4.98 Å². The van der Waals surface area contributed by atoms with Crippen LogP contribution in [-0.4, -0.2) is 15.5 Å². The number of imidazole rings is 1. The zero-order valence-corrected chi connectivity index (χ0v) is 12.6. The summed E-state index contributed by atoms with van der Waals surface area (Å²) < 4.78 is 1.98. The molecule has 1 heterocycles. The molecule has 1 amide bonds. The minimum atomic E-state index is -0.00728. The van der Waals surface area contributed by atoms with Crippen molar-refractivity contribution in [2.75, 3.05) is 0 Å². The Kier molecular flexibility index (Phi) is 4.34. The smallest absolute Gasteiger partial charge is 0.222 e. The first-order chi connectivity index (χ1) is 11.3. The van der Waals surface area contributed by atoms with Gasteiger partial charge in [0.15, 0.2) is 0 Å². The summed E-state index contributed by atoms with van der Waals surface area (Å²) in [6.45, 7) is 1.06. The third kappa shape index (κ3) is 3.55. The molecule has 5 nitrogen and oxygen atoms in total. The zero-order chi connectivity index (χ0) is 16.1. The van der Waals surface area contributed by atoms with Crippen molar-refractivity contribution in [2.45, 2.75) is 19.5 Å². The molecule has 3 aromatic rings. The van der Waals surface area contributed by atoms with Crippen LogP contribution in [0.25, 0.3) is 11.0 Å². The van der Waals surface area contributed by atoms with E-state index >= 15 is 0 Å². The minimum absolute atomic E-state index is 0.00728. The van der Waals surface area contributed by atoms with Gasteiger partial charge in [-0.2, -0.15) is 5.26 Å². The van der Waals surface area contributed by atoms with Gasteiger partial charge >= 0.3 is 0 Å². The van der Waals surface area contributed by atoms with E-state index in [2.05, 4.69) is 16.4 Å². The van der Waals surface area contributed by atoms with E-state index in [9.17, 15) is 4.79 Å². The first-order valence-electron chi connectivity index (χ1n) is 7.42. The maximum absolute atomic E-state index is 12.0. The number of fused-ring (bicyclic) bond motifs is 1. The lowest BCUT2D eigenvalue weighted by atomic mass is 10.1. The molecular weight excluding hydrogens is 288 g/mol. The molecule has 1 N–H and O–H groups in total. The van der Waals surface area contributed by atoms with Gasteiger partial charge in [-0.05, 0) is 29.8 Å². The van der Waals surface area contributed by atoms with Crippen LogP contribution in [0.1, 0.15) is 17.5 Å². The normalized spacial score (nSPS) is 10.4. The maximum atomic E-state index is 12.0. The summed E-state index contributed by atoms with van der Waals surface area (Å²) in [6.07, 6.45) is 2.16. The molecule has 0 unspecified atom stereocenters. The van der Waals surface area contributed by atoms with Crippen molar-refractivity contribution >= 4 is 16.9 Å². The first kappa shape index (κ1) is 14.8. The number of nitrogens with one attached hydrogen (secondary N) is 1. The van der Waals surface area contributed by atoms with Gasteiger partial charge in [-0.15, -0.1) is 0 Å². The van der Waals surface area contributed by atoms with Crippen molar-refractivity contribution in [3.63, 3.8) is 0 Å². The van der Waals surface area contributed by atoms with Gasteiger partial charge in [0.05, 0.1) is 29.0 Å². The number of rotatable bonds is 5. The van der Waals surface area contributed by atoms with Crippen molar-refractivity contribution in [3.8, 4) is 6.07 Å². The second kappa shape index (κ2) is 6.75. The molecule has 0 spiro atoms. The molecule has 114 valence electrons. The lowest BCUT2D eigenvalue weighted by Gasteiger charge is -2.07. The molecule has 0 radical (unpaired) electrons. The van der Waals surface area contributed by atoms with Crippen molar-refractivity contribution in [2.24, 2.45) is 0 Å². The molecule has 0 fully saturated rings. The zero-order valence-electron chi connectivity index (χ0n) is 12.6. The van der Waals surface area contributed by atoms with Crippen molar-refractivity contribution in [3.05, 3.63) is 66.0 Å². The van der Waals surface area contributed by atoms with E-state index in [-0.39, 0.29) is 5.91 Å². The van der Waals surface area contributed by atoms with Gasteiger partial charge in [0, 0.05) is 19.5 Å². The Bertz CT molecular complexity index is 859. The fraction of sp³-hybridized carbons (Fsp3) is 0.167. The number of aromatic nitrogens is 2. The number of amides is 1. The molecule has 0 aliphatic carbocycles. The van der Waals surface area contributed by atoms with Crippen LogP contribution < -0.4 is 5.32 Å². The number of carbonyl (C=O) groups excluding carboxylic acids is 1. The van der Waals surface area contributed by atoms with Crippen LogP contribution in [0.15, 0.2) is 54.9 Å². The number of nitrogens with zero attached hydrogens (tertiary/aromatic N) is 3. The highest BCUT2D eigenvalue weighted by atomic mass is 16.1. The van der Waals surface area contributed by atoms with E-state index in [0.717, 1.165) is 16.6 Å². The Morgan fingerprint density at radius 3 is 2.74 bits per heavy atom. The third-order valence-corrected chi connectivity index (χ3v) is 3.68. The molecule has 0 saturated carbocycles. The summed E-state index contributed by atoms with van der Waals surface area (Å²) in [7, 11) is 0. The molecule has 0 saturated heterocycles. The molecule has 23 heavy (non-hydrogen) atoms. The highest BCUT2D eigenvalue weighted by Crippen LogP contribution is 2.12. The van der Waals surface area contributed by atoms with Crippen LogP contribution in [0, 0.1) is 11.3 Å². The SMILES string of the molecule is N#Cc1ccc(CNC(=O)CCn2cnc3ccccc32)cc1. The van der Waals surface area contributed by atoms with Crippen LogP contribution in [-0.2, 0) is 17.9 Å². The van der Waals surface area contributed by atoms with E-state index in [1.54, 1.807) is 18.5 Å². The van der Waals surface area contributed by atoms with E-state index in [4.69, 9.17) is 5.26 Å². The van der Waals surface area contributed by atoms with Crippen molar-refractivity contribution in [1.29, 1.82) is 5.26 Å². The van der Waals surface area contributed by atoms with E-state index in [1.807, 2.05) is 41.0 Å². The third-order valence-electron chi connectivity index (χ3n) is 3.68. The average molecular weight is 304 g/mol. The second-order valence-corrected chi connectivity index (χ2v) is 5.26. The Labute approximate surface area is 134 Å². The summed E-state index contributed by atoms with van der Waals surface area (Å²) in [5.41, 5.74) is 3.57. The molecular formula is C18H16N4O. The second-order valence-electron chi connectivity index (χ2n) is 5.26. The van der Waals surface area contributed by atoms with Crippen LogP contribution >= 0.6 is 0 Å². The Balaban J connectivity index is 1.52. The summed E-state index contributed by atoms with van der Waals surface area (Å²) >= 11 is 0. The molecule has 0 aliphatic heterocycles. The molecule has 0 atom stereocenters. The van der Waals surface area contributed by atoms with Crippen molar-refractivity contribution in [1.82, 2.24) is 14.9 Å². The molecule has 1 aromatic heterocycles. The highest BCUT2D eigenvalue weighted by molar-refractivity contribution is 5.77. The molecule has 0 aliphatic rings. The fourth-order valence-corrected chi connectivity index (χ4v) is 2.40. The van der Waals surface area contributed by atoms with Gasteiger partial charge < -0.3 is 9.88 Å². The van der Waals surface area contributed by atoms with Gasteiger partial charge in [-0.1, -0.05) is 24.3 Å². The Hall–Kier alpha value is -3.13. The van der Waals surface area contributed by atoms with E-state index < -0.39 is 0 Å². The van der Waals surface area contributed by atoms with Crippen molar-refractivity contribution < 1.29 is 4.79 Å². The maximum Gasteiger partial charge on any atom is 0.222 e. The summed E-state index contributed by atoms with van der Waals surface area (Å²) in [4.78, 5) is 16.3. The number of para-hydroxylation sites is 2. The minimum Gasteiger partial charge on any atom is -0.352 e. The standard InChI is InChI=1S/C18H16N4O/c19-11-14-5-7-15(8-6-14)12-20-18(23)9-10-22-13-21-16-3-1-2-4-17(16)22/h1-8,13H,9-10,12H2,(H,20,23). The van der Waals surface area contributed by atoms with E-state index in [1.165, 1.54) is 0 Å². The summed E-state index contributed by atoms with van der Waals surface area (Å²) in [6, 6.07) is 17.1. The summed E-state index contributed by atoms with van der Waals surface area (Å²) in [5.74, 6) is -0.00728. The van der Waals surface area contributed by atoms with Crippen LogP contribution in [0.5, 0.6) is 0 Å². The van der Waals surface area contributed by atoms with Crippen LogP contribution in [0.4, 0.5) is 0 Å². The first-order valence-corrected chi connectivity index (χ1v) is 7.42. The number of nitriles is 1. The largest absolute Gasteiger partial charge is 0.352 e. The predicted molar refractivity (Wildman–Crippen MR) is 87.4 cm³/mol. The number of benzene rings is 2.